The summed E-state index contributed by atoms with van der Waals surface area (Å²) in [5.41, 5.74) is 4.99. The van der Waals surface area contributed by atoms with Crippen LogP contribution in [-0.2, 0) is 4.74 Å². The molecule has 46 heavy (non-hydrogen) atoms. The first-order chi connectivity index (χ1) is 22.1. The van der Waals surface area contributed by atoms with Crippen LogP contribution in [0.2, 0.25) is 5.02 Å². The van der Waals surface area contributed by atoms with E-state index in [2.05, 4.69) is 32.0 Å². The first kappa shape index (κ1) is 29.9. The van der Waals surface area contributed by atoms with Gasteiger partial charge in [-0.3, -0.25) is 4.90 Å². The summed E-state index contributed by atoms with van der Waals surface area (Å²) in [6.07, 6.45) is 4.07. The summed E-state index contributed by atoms with van der Waals surface area (Å²) in [7, 11) is 0. The third-order valence-corrected chi connectivity index (χ3v) is 10.3. The van der Waals surface area contributed by atoms with Gasteiger partial charge in [0.2, 0.25) is 0 Å². The predicted octanol–water partition coefficient (Wildman–Crippen LogP) is 5.32. The van der Waals surface area contributed by atoms with Gasteiger partial charge in [0.15, 0.2) is 5.82 Å². The quantitative estimate of drug-likeness (QED) is 0.275. The zero-order valence-corrected chi connectivity index (χ0v) is 26.3. The van der Waals surface area contributed by atoms with E-state index in [-0.39, 0.29) is 61.4 Å². The molecular formula is C33H35ClF3N7O2. The summed E-state index contributed by atoms with van der Waals surface area (Å²) in [6, 6.07) is 5.36. The lowest BCUT2D eigenvalue weighted by Gasteiger charge is -2.40. The molecule has 2 bridgehead atoms. The molecule has 1 saturated carbocycles. The minimum absolute atomic E-state index is 0.00639. The van der Waals surface area contributed by atoms with E-state index in [1.54, 1.807) is 6.07 Å². The maximum Gasteiger partial charge on any atom is 0.319 e. The molecule has 4 aromatic rings. The smallest absolute Gasteiger partial charge is 0.319 e. The highest BCUT2D eigenvalue weighted by molar-refractivity contribution is 6.35. The van der Waals surface area contributed by atoms with Crippen molar-refractivity contribution in [3.63, 3.8) is 0 Å². The van der Waals surface area contributed by atoms with Crippen molar-refractivity contribution in [1.29, 1.82) is 0 Å². The van der Waals surface area contributed by atoms with E-state index in [9.17, 15) is 4.39 Å². The van der Waals surface area contributed by atoms with Gasteiger partial charge in [0, 0.05) is 77.7 Å². The van der Waals surface area contributed by atoms with Gasteiger partial charge in [-0.2, -0.15) is 9.97 Å². The van der Waals surface area contributed by atoms with Crippen molar-refractivity contribution in [2.24, 2.45) is 5.41 Å². The summed E-state index contributed by atoms with van der Waals surface area (Å²) in [5, 5.41) is 3.99. The maximum absolute atomic E-state index is 16.9. The Morgan fingerprint density at radius 1 is 1.02 bits per heavy atom. The molecule has 0 spiro atoms. The van der Waals surface area contributed by atoms with E-state index in [0.717, 1.165) is 58.5 Å². The number of nitrogens with zero attached hydrogens (tertiary/aromatic N) is 5. The van der Waals surface area contributed by atoms with Gasteiger partial charge in [0.25, 0.3) is 0 Å². The van der Waals surface area contributed by atoms with E-state index in [1.165, 1.54) is 12.1 Å². The monoisotopic (exact) mass is 653 g/mol. The number of pyridine rings is 1. The number of fused-ring (bicyclic) bond motifs is 4. The summed E-state index contributed by atoms with van der Waals surface area (Å²) in [4.78, 5) is 18.1. The number of hydrogen-bond donors (Lipinski definition) is 2. The van der Waals surface area contributed by atoms with Crippen molar-refractivity contribution in [1.82, 2.24) is 25.2 Å². The fourth-order valence-corrected chi connectivity index (χ4v) is 7.73. The number of rotatable bonds is 7. The van der Waals surface area contributed by atoms with E-state index in [0.29, 0.717) is 37.0 Å². The Labute approximate surface area is 269 Å². The van der Waals surface area contributed by atoms with E-state index in [1.807, 2.05) is 0 Å². The van der Waals surface area contributed by atoms with Crippen LogP contribution in [0.25, 0.3) is 32.9 Å². The second-order valence-electron chi connectivity index (χ2n) is 13.6. The zero-order valence-electron chi connectivity index (χ0n) is 25.5. The van der Waals surface area contributed by atoms with Crippen molar-refractivity contribution in [2.75, 3.05) is 63.2 Å². The molecule has 0 unspecified atom stereocenters. The zero-order chi connectivity index (χ0) is 31.8. The molecule has 0 radical (unpaired) electrons. The van der Waals surface area contributed by atoms with E-state index in [4.69, 9.17) is 31.8 Å². The topological polar surface area (TPSA) is 102 Å². The minimum atomic E-state index is -1.01. The maximum atomic E-state index is 16.9. The number of nitrogens with two attached hydrogens (primary N) is 1. The standard InChI is InChI=1S/C33H35ClF3N7O2/c1-32-5-4-18(42-32)14-44(15-32)30-20-12-21(34)25(26-23(36)13-22(35)19-2-3-24(38)39-28(19)26)27(37)29(20)40-31(41-30)46-17-33(6-7-33)16-43-8-10-45-11-9-43/h2-3,12-13,18,42H,4-11,14-17H2,1H3,(H2,38,39)/t18-,32+/m1/s1. The number of anilines is 2. The van der Waals surface area contributed by atoms with Gasteiger partial charge in [0.1, 0.15) is 28.8 Å². The number of morpholine rings is 1. The molecule has 2 aromatic heterocycles. The van der Waals surface area contributed by atoms with E-state index < -0.39 is 17.5 Å². The largest absolute Gasteiger partial charge is 0.463 e. The lowest BCUT2D eigenvalue weighted by molar-refractivity contribution is 0.0231. The fraction of sp³-hybridized carbons (Fsp3) is 0.485. The highest BCUT2D eigenvalue weighted by Gasteiger charge is 2.46. The summed E-state index contributed by atoms with van der Waals surface area (Å²) >= 11 is 6.77. The number of ether oxygens (including phenoxy) is 2. The minimum Gasteiger partial charge on any atom is -0.463 e. The number of aromatic nitrogens is 3. The molecule has 3 aliphatic heterocycles. The molecule has 13 heteroatoms. The second-order valence-corrected chi connectivity index (χ2v) is 14.0. The number of nitrogen functional groups attached to an aromatic ring is 1. The van der Waals surface area contributed by atoms with Crippen molar-refractivity contribution in [3.8, 4) is 17.1 Å². The SMILES string of the molecule is C[C@]12CC[C@H](CN(c3nc(OCC4(CN5CCOCC5)CC4)nc4c(F)c(-c5c(F)cc(F)c6ccc(N)nc56)c(Cl)cc34)C1)N2. The Balaban J connectivity index is 1.24. The Hall–Kier alpha value is -3.45. The summed E-state index contributed by atoms with van der Waals surface area (Å²) in [6.45, 7) is 7.96. The second kappa shape index (κ2) is 11.1. The van der Waals surface area contributed by atoms with Crippen LogP contribution in [0.1, 0.15) is 32.6 Å². The van der Waals surface area contributed by atoms with Gasteiger partial charge in [-0.15, -0.1) is 0 Å². The van der Waals surface area contributed by atoms with E-state index >= 15 is 8.78 Å². The van der Waals surface area contributed by atoms with Crippen LogP contribution in [-0.4, -0.2) is 84.0 Å². The van der Waals surface area contributed by atoms with Crippen LogP contribution < -0.4 is 20.7 Å². The number of hydrogen-bond acceptors (Lipinski definition) is 9. The summed E-state index contributed by atoms with van der Waals surface area (Å²) in [5.74, 6) is -2.18. The van der Waals surface area contributed by atoms with Crippen molar-refractivity contribution >= 4 is 45.0 Å². The van der Waals surface area contributed by atoms with Crippen LogP contribution in [0.4, 0.5) is 24.8 Å². The molecule has 9 nitrogen and oxygen atoms in total. The molecule has 1 aliphatic carbocycles. The van der Waals surface area contributed by atoms with Crippen molar-refractivity contribution < 1.29 is 22.6 Å². The molecule has 2 aromatic carbocycles. The molecule has 2 atom stereocenters. The lowest BCUT2D eigenvalue weighted by atomic mass is 9.97. The molecule has 5 heterocycles. The Bertz CT molecular complexity index is 1870. The molecule has 3 N–H and O–H groups in total. The normalized spacial score (nSPS) is 24.2. The first-order valence-electron chi connectivity index (χ1n) is 15.8. The van der Waals surface area contributed by atoms with Gasteiger partial charge < -0.3 is 25.4 Å². The Kier molecular flexibility index (Phi) is 7.20. The molecule has 242 valence electrons. The average molecular weight is 654 g/mol. The Morgan fingerprint density at radius 2 is 1.83 bits per heavy atom. The Morgan fingerprint density at radius 3 is 2.59 bits per heavy atom. The number of nitrogens with one attached hydrogen (secondary N) is 1. The fourth-order valence-electron chi connectivity index (χ4n) is 7.45. The van der Waals surface area contributed by atoms with Crippen LogP contribution in [0.5, 0.6) is 6.01 Å². The highest BCUT2D eigenvalue weighted by Crippen LogP contribution is 2.47. The van der Waals surface area contributed by atoms with Gasteiger partial charge in [-0.25, -0.2) is 18.2 Å². The van der Waals surface area contributed by atoms with Gasteiger partial charge in [-0.1, -0.05) is 11.6 Å². The lowest BCUT2D eigenvalue weighted by Crippen LogP contribution is -2.58. The average Bonchev–Trinajstić information content (AvgIpc) is 3.73. The molecule has 4 fully saturated rings. The van der Waals surface area contributed by atoms with Gasteiger partial charge in [0.05, 0.1) is 30.4 Å². The molecule has 0 amide bonds. The first-order valence-corrected chi connectivity index (χ1v) is 16.2. The number of piperazine rings is 1. The molecule has 8 rings (SSSR count). The predicted molar refractivity (Wildman–Crippen MR) is 171 cm³/mol. The third-order valence-electron chi connectivity index (χ3n) is 10.0. The highest BCUT2D eigenvalue weighted by atomic mass is 35.5. The van der Waals surface area contributed by atoms with Crippen LogP contribution in [0.15, 0.2) is 24.3 Å². The van der Waals surface area contributed by atoms with Crippen LogP contribution >= 0.6 is 11.6 Å². The molecule has 3 saturated heterocycles. The van der Waals surface area contributed by atoms with Gasteiger partial charge >= 0.3 is 6.01 Å². The molecular weight excluding hydrogens is 619 g/mol. The van der Waals surface area contributed by atoms with Gasteiger partial charge in [-0.05, 0) is 50.8 Å². The molecule has 4 aliphatic rings. The third kappa shape index (κ3) is 5.29. The number of halogens is 4. The summed E-state index contributed by atoms with van der Waals surface area (Å²) < 4.78 is 59.0. The van der Waals surface area contributed by atoms with Crippen molar-refractivity contribution in [2.45, 2.75) is 44.2 Å². The van der Waals surface area contributed by atoms with Crippen molar-refractivity contribution in [3.05, 3.63) is 46.7 Å². The van der Waals surface area contributed by atoms with Crippen LogP contribution in [0.3, 0.4) is 0 Å². The number of benzene rings is 2. The van der Waals surface area contributed by atoms with Crippen LogP contribution in [0, 0.1) is 22.9 Å².